The summed E-state index contributed by atoms with van der Waals surface area (Å²) in [5, 5.41) is 29.7. The van der Waals surface area contributed by atoms with Crippen LogP contribution in [0.1, 0.15) is 6.23 Å². The third kappa shape index (κ3) is 1.85. The summed E-state index contributed by atoms with van der Waals surface area (Å²) < 4.78 is 6.91. The summed E-state index contributed by atoms with van der Waals surface area (Å²) in [7, 11) is 0. The van der Waals surface area contributed by atoms with Crippen molar-refractivity contribution >= 4 is 28.5 Å². The van der Waals surface area contributed by atoms with Crippen molar-refractivity contribution in [2.24, 2.45) is 0 Å². The molecule has 4 atom stereocenters. The summed E-state index contributed by atoms with van der Waals surface area (Å²) in [6.45, 7) is -0.404. The number of hydrogen-bond acceptors (Lipinski definition) is 7. The molecule has 2 aromatic rings. The Hall–Kier alpha value is -1.45. The van der Waals surface area contributed by atoms with Gasteiger partial charge in [-0.05, 0) is 0 Å². The van der Waals surface area contributed by atoms with Gasteiger partial charge in [-0.25, -0.2) is 9.97 Å². The Kier molecular flexibility index (Phi) is 3.27. The predicted octanol–water partition coefficient (Wildman–Crippen LogP) is -0.722. The van der Waals surface area contributed by atoms with E-state index in [1.165, 1.54) is 17.1 Å². The third-order valence-electron chi connectivity index (χ3n) is 3.38. The third-order valence-corrected chi connectivity index (χ3v) is 3.67. The van der Waals surface area contributed by atoms with Crippen LogP contribution in [0.15, 0.2) is 12.5 Å². The van der Waals surface area contributed by atoms with Crippen LogP contribution in [0.4, 0.5) is 5.82 Å². The zero-order valence-electron chi connectivity index (χ0n) is 10.2. The van der Waals surface area contributed by atoms with Crippen molar-refractivity contribution in [3.63, 3.8) is 0 Å². The Labute approximate surface area is 118 Å². The molecular formula is C11H13ClN4O4. The lowest BCUT2D eigenvalue weighted by atomic mass is 10.1. The van der Waals surface area contributed by atoms with E-state index < -0.39 is 31.1 Å². The molecule has 0 aliphatic carbocycles. The van der Waals surface area contributed by atoms with Crippen molar-refractivity contribution in [2.75, 3.05) is 12.3 Å². The van der Waals surface area contributed by atoms with E-state index in [2.05, 4.69) is 9.97 Å². The first-order valence-corrected chi connectivity index (χ1v) is 6.31. The molecule has 8 nitrogen and oxygen atoms in total. The van der Waals surface area contributed by atoms with Crippen LogP contribution < -0.4 is 5.73 Å². The standard InChI is InChI=1S/C11H13ClN4O4/c12-4-1-16(10-6(4)9(13)14-3-15-10)11-8(19)7(18)5(2-17)20-11/h1,3,5,7-8,11,17-19H,2H2,(H2,13,14,15)/t5-,7+,8+,11+/m0/s1. The Balaban J connectivity index is 2.10. The molecule has 2 aromatic heterocycles. The number of hydrogen-bond donors (Lipinski definition) is 4. The molecule has 0 bridgehead atoms. The lowest BCUT2D eigenvalue weighted by Crippen LogP contribution is -2.33. The zero-order valence-corrected chi connectivity index (χ0v) is 11.0. The Bertz CT molecular complexity index is 649. The smallest absolute Gasteiger partial charge is 0.164 e. The maximum Gasteiger partial charge on any atom is 0.164 e. The van der Waals surface area contributed by atoms with Crippen molar-refractivity contribution in [3.8, 4) is 0 Å². The first-order valence-electron chi connectivity index (χ1n) is 5.93. The van der Waals surface area contributed by atoms with Crippen LogP contribution in [0.25, 0.3) is 11.0 Å². The number of fused-ring (bicyclic) bond motifs is 1. The highest BCUT2D eigenvalue weighted by molar-refractivity contribution is 6.36. The highest BCUT2D eigenvalue weighted by Gasteiger charge is 2.44. The first-order chi connectivity index (χ1) is 9.54. The lowest BCUT2D eigenvalue weighted by molar-refractivity contribution is -0.0508. The molecule has 3 heterocycles. The minimum Gasteiger partial charge on any atom is -0.394 e. The second-order valence-corrected chi connectivity index (χ2v) is 4.98. The number of anilines is 1. The van der Waals surface area contributed by atoms with E-state index >= 15 is 0 Å². The summed E-state index contributed by atoms with van der Waals surface area (Å²) in [4.78, 5) is 7.92. The highest BCUT2D eigenvalue weighted by Crippen LogP contribution is 2.35. The summed E-state index contributed by atoms with van der Waals surface area (Å²) in [6.07, 6.45) is -1.42. The van der Waals surface area contributed by atoms with Gasteiger partial charge in [0.05, 0.1) is 17.0 Å². The van der Waals surface area contributed by atoms with Crippen LogP contribution in [-0.4, -0.2) is 54.8 Å². The highest BCUT2D eigenvalue weighted by atomic mass is 35.5. The van der Waals surface area contributed by atoms with E-state index in [0.717, 1.165) is 0 Å². The molecule has 1 saturated heterocycles. The van der Waals surface area contributed by atoms with Gasteiger partial charge in [0.1, 0.15) is 36.1 Å². The normalized spacial score (nSPS) is 30.2. The van der Waals surface area contributed by atoms with Gasteiger partial charge >= 0.3 is 0 Å². The molecule has 0 spiro atoms. The molecule has 5 N–H and O–H groups in total. The van der Waals surface area contributed by atoms with Crippen LogP contribution in [0.5, 0.6) is 0 Å². The van der Waals surface area contributed by atoms with Crippen molar-refractivity contribution in [1.82, 2.24) is 14.5 Å². The SMILES string of the molecule is Nc1ncnc2c1c(Cl)cn2[C@@H]1O[C@@H](CO)[C@@H](O)[C@H]1O. The Morgan fingerprint density at radius 1 is 1.35 bits per heavy atom. The molecule has 3 rings (SSSR count). The summed E-state index contributed by atoms with van der Waals surface area (Å²) >= 11 is 6.09. The molecule has 0 aromatic carbocycles. The largest absolute Gasteiger partial charge is 0.394 e. The number of aliphatic hydroxyl groups is 3. The number of nitrogens with zero attached hydrogens (tertiary/aromatic N) is 3. The number of rotatable bonds is 2. The van der Waals surface area contributed by atoms with Crippen molar-refractivity contribution in [1.29, 1.82) is 0 Å². The molecule has 0 radical (unpaired) electrons. The summed E-state index contributed by atoms with van der Waals surface area (Å²) in [5.74, 6) is 0.213. The first kappa shape index (κ1) is 13.5. The summed E-state index contributed by atoms with van der Waals surface area (Å²) in [5.41, 5.74) is 6.13. The van der Waals surface area contributed by atoms with Crippen LogP contribution in [0.2, 0.25) is 5.02 Å². The van der Waals surface area contributed by atoms with Crippen LogP contribution in [-0.2, 0) is 4.74 Å². The number of halogens is 1. The fourth-order valence-electron chi connectivity index (χ4n) is 2.37. The van der Waals surface area contributed by atoms with Gasteiger partial charge in [-0.1, -0.05) is 11.6 Å². The number of aromatic nitrogens is 3. The van der Waals surface area contributed by atoms with Gasteiger partial charge < -0.3 is 30.4 Å². The van der Waals surface area contributed by atoms with Gasteiger partial charge in [0.25, 0.3) is 0 Å². The van der Waals surface area contributed by atoms with Gasteiger partial charge in [0.15, 0.2) is 6.23 Å². The van der Waals surface area contributed by atoms with E-state index in [-0.39, 0.29) is 5.82 Å². The lowest BCUT2D eigenvalue weighted by Gasteiger charge is -2.17. The fraction of sp³-hybridized carbons (Fsp3) is 0.455. The fourth-order valence-corrected chi connectivity index (χ4v) is 2.65. The summed E-state index contributed by atoms with van der Waals surface area (Å²) in [6, 6.07) is 0. The second-order valence-electron chi connectivity index (χ2n) is 4.57. The maximum absolute atomic E-state index is 10.0. The molecule has 0 saturated carbocycles. The van der Waals surface area contributed by atoms with Crippen LogP contribution >= 0.6 is 11.6 Å². The molecule has 1 fully saturated rings. The zero-order chi connectivity index (χ0) is 14.4. The van der Waals surface area contributed by atoms with Crippen LogP contribution in [0.3, 0.4) is 0 Å². The van der Waals surface area contributed by atoms with Crippen molar-refractivity contribution in [3.05, 3.63) is 17.5 Å². The average molecular weight is 301 g/mol. The average Bonchev–Trinajstić information content (AvgIpc) is 2.90. The predicted molar refractivity (Wildman–Crippen MR) is 70.0 cm³/mol. The maximum atomic E-state index is 10.0. The molecule has 0 amide bonds. The van der Waals surface area contributed by atoms with Gasteiger partial charge in [-0.15, -0.1) is 0 Å². The number of nitrogen functional groups attached to an aromatic ring is 1. The minimum atomic E-state index is -1.21. The molecule has 1 aliphatic heterocycles. The van der Waals surface area contributed by atoms with Crippen molar-refractivity contribution < 1.29 is 20.1 Å². The number of ether oxygens (including phenoxy) is 1. The minimum absolute atomic E-state index is 0.213. The molecule has 0 unspecified atom stereocenters. The van der Waals surface area contributed by atoms with Crippen LogP contribution in [0, 0.1) is 0 Å². The van der Waals surface area contributed by atoms with Gasteiger partial charge in [-0.3, -0.25) is 0 Å². The molecule has 1 aliphatic rings. The monoisotopic (exact) mass is 300 g/mol. The van der Waals surface area contributed by atoms with E-state index in [0.29, 0.717) is 16.1 Å². The number of aliphatic hydroxyl groups excluding tert-OH is 3. The quantitative estimate of drug-likeness (QED) is 0.576. The van der Waals surface area contributed by atoms with Crippen molar-refractivity contribution in [2.45, 2.75) is 24.5 Å². The molecule has 20 heavy (non-hydrogen) atoms. The van der Waals surface area contributed by atoms with Gasteiger partial charge in [0.2, 0.25) is 0 Å². The Morgan fingerprint density at radius 3 is 2.75 bits per heavy atom. The molecule has 9 heteroatoms. The molecular weight excluding hydrogens is 288 g/mol. The second kappa shape index (κ2) is 4.83. The van der Waals surface area contributed by atoms with E-state index in [1.807, 2.05) is 0 Å². The van der Waals surface area contributed by atoms with E-state index in [1.54, 1.807) is 0 Å². The molecule has 108 valence electrons. The van der Waals surface area contributed by atoms with Gasteiger partial charge in [-0.2, -0.15) is 0 Å². The number of nitrogens with two attached hydrogens (primary N) is 1. The van der Waals surface area contributed by atoms with E-state index in [9.17, 15) is 10.2 Å². The van der Waals surface area contributed by atoms with Gasteiger partial charge in [0, 0.05) is 6.20 Å². The topological polar surface area (TPSA) is 127 Å². The Morgan fingerprint density at radius 2 is 2.10 bits per heavy atom. The van der Waals surface area contributed by atoms with E-state index in [4.69, 9.17) is 27.2 Å².